The van der Waals surface area contributed by atoms with Crippen LogP contribution in [0.2, 0.25) is 0 Å². The Morgan fingerprint density at radius 3 is 2.65 bits per heavy atom. The Bertz CT molecular complexity index is 499. The first-order chi connectivity index (χ1) is 9.54. The summed E-state index contributed by atoms with van der Waals surface area (Å²) in [4.78, 5) is 14.2. The zero-order chi connectivity index (χ0) is 14.7. The molecule has 0 radical (unpaired) electrons. The van der Waals surface area contributed by atoms with Gasteiger partial charge in [0.1, 0.15) is 0 Å². The Balaban J connectivity index is 2.04. The third-order valence-corrected chi connectivity index (χ3v) is 3.70. The molecule has 5 heteroatoms. The van der Waals surface area contributed by atoms with E-state index in [0.717, 1.165) is 6.42 Å². The first-order valence-corrected chi connectivity index (χ1v) is 6.86. The lowest BCUT2D eigenvalue weighted by atomic mass is 10.1. The number of amides is 1. The Morgan fingerprint density at radius 2 is 2.10 bits per heavy atom. The number of hydrogen-bond acceptors (Lipinski definition) is 3. The lowest BCUT2D eigenvalue weighted by Crippen LogP contribution is -2.43. The minimum atomic E-state index is 0.0197. The van der Waals surface area contributed by atoms with Gasteiger partial charge in [-0.25, -0.2) is 0 Å². The van der Waals surface area contributed by atoms with Gasteiger partial charge in [0, 0.05) is 12.0 Å². The quantitative estimate of drug-likeness (QED) is 0.372. The van der Waals surface area contributed by atoms with Gasteiger partial charge in [-0.15, -0.1) is 0 Å². The summed E-state index contributed by atoms with van der Waals surface area (Å²) in [6, 6.07) is 10.1. The SMILES string of the molecule is CC(C)N(C/C(N)=N/O)C(=O)C1CC1c1ccccc1. The van der Waals surface area contributed by atoms with Crippen LogP contribution in [0.25, 0.3) is 0 Å². The van der Waals surface area contributed by atoms with Crippen molar-refractivity contribution in [3.63, 3.8) is 0 Å². The van der Waals surface area contributed by atoms with Crippen molar-refractivity contribution < 1.29 is 10.0 Å². The van der Waals surface area contributed by atoms with Crippen LogP contribution >= 0.6 is 0 Å². The van der Waals surface area contributed by atoms with Crippen molar-refractivity contribution >= 4 is 11.7 Å². The Kier molecular flexibility index (Phi) is 4.27. The highest BCUT2D eigenvalue weighted by Gasteiger charge is 2.46. The van der Waals surface area contributed by atoms with E-state index in [2.05, 4.69) is 17.3 Å². The largest absolute Gasteiger partial charge is 0.409 e. The van der Waals surface area contributed by atoms with Crippen LogP contribution in [0.1, 0.15) is 31.7 Å². The van der Waals surface area contributed by atoms with Crippen LogP contribution in [-0.4, -0.2) is 34.4 Å². The van der Waals surface area contributed by atoms with Crippen LogP contribution in [-0.2, 0) is 4.79 Å². The number of benzene rings is 1. The second-order valence-corrected chi connectivity index (χ2v) is 5.51. The third kappa shape index (κ3) is 3.10. The van der Waals surface area contributed by atoms with Crippen molar-refractivity contribution in [2.45, 2.75) is 32.2 Å². The number of hydrogen-bond donors (Lipinski definition) is 2. The maximum atomic E-state index is 12.5. The summed E-state index contributed by atoms with van der Waals surface area (Å²) in [6.07, 6.45) is 0.877. The Hall–Kier alpha value is -2.04. The molecule has 2 rings (SSSR count). The topological polar surface area (TPSA) is 78.9 Å². The molecule has 1 aliphatic rings. The van der Waals surface area contributed by atoms with Crippen LogP contribution in [0.5, 0.6) is 0 Å². The van der Waals surface area contributed by atoms with Crippen molar-refractivity contribution in [1.82, 2.24) is 4.90 Å². The average Bonchev–Trinajstić information content (AvgIpc) is 3.24. The molecule has 1 aromatic carbocycles. The summed E-state index contributed by atoms with van der Waals surface area (Å²) in [5, 5.41) is 11.6. The maximum absolute atomic E-state index is 12.5. The normalized spacial score (nSPS) is 21.9. The predicted octanol–water partition coefficient (Wildman–Crippen LogP) is 1.77. The minimum absolute atomic E-state index is 0.0197. The molecule has 0 spiro atoms. The second kappa shape index (κ2) is 5.94. The van der Waals surface area contributed by atoms with E-state index in [1.165, 1.54) is 5.56 Å². The molecule has 1 fully saturated rings. The zero-order valence-corrected chi connectivity index (χ0v) is 11.9. The maximum Gasteiger partial charge on any atom is 0.226 e. The van der Waals surface area contributed by atoms with Crippen molar-refractivity contribution in [3.05, 3.63) is 35.9 Å². The molecule has 108 valence electrons. The number of carbonyl (C=O) groups excluding carboxylic acids is 1. The summed E-state index contributed by atoms with van der Waals surface area (Å²) in [5.74, 6) is 0.466. The highest BCUT2D eigenvalue weighted by atomic mass is 16.4. The molecule has 3 N–H and O–H groups in total. The van der Waals surface area contributed by atoms with Crippen LogP contribution in [0, 0.1) is 5.92 Å². The van der Waals surface area contributed by atoms with Crippen molar-refractivity contribution in [2.24, 2.45) is 16.8 Å². The average molecular weight is 275 g/mol. The van der Waals surface area contributed by atoms with E-state index in [9.17, 15) is 4.79 Å². The molecule has 1 amide bonds. The molecular formula is C15H21N3O2. The molecule has 5 nitrogen and oxygen atoms in total. The van der Waals surface area contributed by atoms with E-state index < -0.39 is 0 Å². The van der Waals surface area contributed by atoms with Crippen molar-refractivity contribution in [1.29, 1.82) is 0 Å². The molecule has 0 aliphatic heterocycles. The first kappa shape index (κ1) is 14.4. The second-order valence-electron chi connectivity index (χ2n) is 5.51. The number of nitrogens with two attached hydrogens (primary N) is 1. The first-order valence-electron chi connectivity index (χ1n) is 6.86. The van der Waals surface area contributed by atoms with Gasteiger partial charge in [0.25, 0.3) is 0 Å². The van der Waals surface area contributed by atoms with Gasteiger partial charge in [0.15, 0.2) is 5.84 Å². The van der Waals surface area contributed by atoms with Gasteiger partial charge in [-0.1, -0.05) is 35.5 Å². The molecule has 1 saturated carbocycles. The molecule has 0 heterocycles. The highest BCUT2D eigenvalue weighted by molar-refractivity contribution is 5.89. The standard InChI is InChI=1S/C15H21N3O2/c1-10(2)18(9-14(16)17-20)15(19)13-8-12(13)11-6-4-3-5-7-11/h3-7,10,12-13,20H,8-9H2,1-2H3,(H2,16,17). The lowest BCUT2D eigenvalue weighted by Gasteiger charge is -2.26. The number of oxime groups is 1. The fourth-order valence-electron chi connectivity index (χ4n) is 2.47. The van der Waals surface area contributed by atoms with Gasteiger partial charge < -0.3 is 15.8 Å². The smallest absolute Gasteiger partial charge is 0.226 e. The summed E-state index contributed by atoms with van der Waals surface area (Å²) >= 11 is 0. The van der Waals surface area contributed by atoms with Crippen LogP contribution in [0.15, 0.2) is 35.5 Å². The van der Waals surface area contributed by atoms with E-state index >= 15 is 0 Å². The predicted molar refractivity (Wildman–Crippen MR) is 77.5 cm³/mol. The van der Waals surface area contributed by atoms with E-state index in [1.54, 1.807) is 4.90 Å². The van der Waals surface area contributed by atoms with E-state index in [1.807, 2.05) is 32.0 Å². The van der Waals surface area contributed by atoms with Crippen LogP contribution in [0.4, 0.5) is 0 Å². The number of amidine groups is 1. The van der Waals surface area contributed by atoms with Gasteiger partial charge in [0.2, 0.25) is 5.91 Å². The third-order valence-electron chi connectivity index (χ3n) is 3.70. The molecule has 1 aliphatic carbocycles. The fraction of sp³-hybridized carbons (Fsp3) is 0.467. The molecule has 0 aromatic heterocycles. The van der Waals surface area contributed by atoms with Gasteiger partial charge in [0.05, 0.1) is 6.54 Å². The molecule has 0 bridgehead atoms. The molecule has 0 saturated heterocycles. The fourth-order valence-corrected chi connectivity index (χ4v) is 2.47. The molecule has 2 atom stereocenters. The van der Waals surface area contributed by atoms with Gasteiger partial charge in [-0.3, -0.25) is 4.79 Å². The van der Waals surface area contributed by atoms with E-state index in [0.29, 0.717) is 5.92 Å². The summed E-state index contributed by atoms with van der Waals surface area (Å²) < 4.78 is 0. The van der Waals surface area contributed by atoms with E-state index in [-0.39, 0.29) is 30.2 Å². The molecule has 2 unspecified atom stereocenters. The van der Waals surface area contributed by atoms with Gasteiger partial charge >= 0.3 is 0 Å². The summed E-state index contributed by atoms with van der Waals surface area (Å²) in [7, 11) is 0. The van der Waals surface area contributed by atoms with Crippen molar-refractivity contribution in [2.75, 3.05) is 6.54 Å². The summed E-state index contributed by atoms with van der Waals surface area (Å²) in [5.41, 5.74) is 6.73. The minimum Gasteiger partial charge on any atom is -0.409 e. The number of nitrogens with zero attached hydrogens (tertiary/aromatic N) is 2. The lowest BCUT2D eigenvalue weighted by molar-refractivity contribution is -0.133. The molecular weight excluding hydrogens is 254 g/mol. The van der Waals surface area contributed by atoms with Crippen LogP contribution < -0.4 is 5.73 Å². The van der Waals surface area contributed by atoms with Crippen molar-refractivity contribution in [3.8, 4) is 0 Å². The molecule has 20 heavy (non-hydrogen) atoms. The number of rotatable bonds is 5. The Labute approximate surface area is 119 Å². The monoisotopic (exact) mass is 275 g/mol. The van der Waals surface area contributed by atoms with Gasteiger partial charge in [-0.2, -0.15) is 0 Å². The number of carbonyl (C=O) groups is 1. The van der Waals surface area contributed by atoms with E-state index in [4.69, 9.17) is 10.9 Å². The van der Waals surface area contributed by atoms with Crippen LogP contribution in [0.3, 0.4) is 0 Å². The molecule has 1 aromatic rings. The van der Waals surface area contributed by atoms with Gasteiger partial charge in [-0.05, 0) is 31.7 Å². The highest BCUT2D eigenvalue weighted by Crippen LogP contribution is 2.48. The Morgan fingerprint density at radius 1 is 1.45 bits per heavy atom. The summed E-state index contributed by atoms with van der Waals surface area (Å²) in [6.45, 7) is 4.04. The zero-order valence-electron chi connectivity index (χ0n) is 11.9.